The molecule has 4 rings (SSSR count). The fourth-order valence-corrected chi connectivity index (χ4v) is 3.38. The van der Waals surface area contributed by atoms with Crippen molar-refractivity contribution in [3.63, 3.8) is 0 Å². The summed E-state index contributed by atoms with van der Waals surface area (Å²) in [6, 6.07) is 12.5. The third-order valence-electron chi connectivity index (χ3n) is 4.45. The second kappa shape index (κ2) is 6.17. The minimum atomic E-state index is 0.763. The quantitative estimate of drug-likeness (QED) is 0.830. The van der Waals surface area contributed by atoms with Crippen LogP contribution in [0.2, 0.25) is 5.02 Å². The summed E-state index contributed by atoms with van der Waals surface area (Å²) >= 11 is 6.09. The number of aromatic nitrogens is 1. The van der Waals surface area contributed by atoms with Gasteiger partial charge in [-0.15, -0.1) is 0 Å². The van der Waals surface area contributed by atoms with Gasteiger partial charge in [-0.05, 0) is 47.4 Å². The molecule has 0 N–H and O–H groups in total. The Bertz CT molecular complexity index is 795. The van der Waals surface area contributed by atoms with Crippen molar-refractivity contribution < 1.29 is 0 Å². The van der Waals surface area contributed by atoms with Crippen molar-refractivity contribution in [3.8, 4) is 0 Å². The van der Waals surface area contributed by atoms with Crippen molar-refractivity contribution in [2.75, 3.05) is 18.0 Å². The summed E-state index contributed by atoms with van der Waals surface area (Å²) in [5, 5.41) is 0.822. The summed E-state index contributed by atoms with van der Waals surface area (Å²) < 4.78 is 0. The van der Waals surface area contributed by atoms with E-state index in [4.69, 9.17) is 16.6 Å². The summed E-state index contributed by atoms with van der Waals surface area (Å²) in [6.45, 7) is 2.63. The van der Waals surface area contributed by atoms with Crippen LogP contribution in [0, 0.1) is 0 Å². The molecular formula is C19H18ClN3. The van der Waals surface area contributed by atoms with E-state index in [1.165, 1.54) is 16.7 Å². The number of fused-ring (bicyclic) bond motifs is 1. The zero-order chi connectivity index (χ0) is 15.6. The first-order valence-electron chi connectivity index (χ1n) is 7.96. The first-order valence-corrected chi connectivity index (χ1v) is 8.34. The Labute approximate surface area is 141 Å². The molecule has 0 bridgehead atoms. The molecule has 0 aliphatic carbocycles. The molecule has 4 heteroatoms. The summed E-state index contributed by atoms with van der Waals surface area (Å²) in [6.07, 6.45) is 6.03. The summed E-state index contributed by atoms with van der Waals surface area (Å²) in [5.41, 5.74) is 5.04. The molecule has 3 heterocycles. The van der Waals surface area contributed by atoms with Gasteiger partial charge in [0.25, 0.3) is 0 Å². The van der Waals surface area contributed by atoms with Gasteiger partial charge in [-0.3, -0.25) is 4.99 Å². The third-order valence-corrected chi connectivity index (χ3v) is 4.69. The summed E-state index contributed by atoms with van der Waals surface area (Å²) in [4.78, 5) is 11.5. The zero-order valence-electron chi connectivity index (χ0n) is 12.9. The number of nitrogens with zero attached hydrogens (tertiary/aromatic N) is 3. The number of hydrogen-bond acceptors (Lipinski definition) is 3. The Balaban J connectivity index is 1.59. The van der Waals surface area contributed by atoms with Crippen molar-refractivity contribution in [1.29, 1.82) is 0 Å². The van der Waals surface area contributed by atoms with Crippen molar-refractivity contribution in [2.24, 2.45) is 4.99 Å². The molecule has 0 atom stereocenters. The van der Waals surface area contributed by atoms with E-state index in [1.54, 1.807) is 0 Å². The maximum absolute atomic E-state index is 6.09. The molecule has 116 valence electrons. The molecule has 0 radical (unpaired) electrons. The number of aliphatic imine (C=N–C) groups is 1. The van der Waals surface area contributed by atoms with Crippen LogP contribution in [0.15, 0.2) is 47.5 Å². The maximum atomic E-state index is 6.09. The van der Waals surface area contributed by atoms with Gasteiger partial charge in [0, 0.05) is 30.7 Å². The molecule has 23 heavy (non-hydrogen) atoms. The Morgan fingerprint density at radius 2 is 2.04 bits per heavy atom. The van der Waals surface area contributed by atoms with Crippen LogP contribution in [-0.2, 0) is 13.0 Å². The number of rotatable bonds is 2. The minimum absolute atomic E-state index is 0.763. The number of anilines is 1. The van der Waals surface area contributed by atoms with E-state index in [0.717, 1.165) is 49.0 Å². The van der Waals surface area contributed by atoms with E-state index in [0.29, 0.717) is 0 Å². The molecule has 1 aromatic heterocycles. The number of allylic oxidation sites excluding steroid dienone is 1. The van der Waals surface area contributed by atoms with Crippen LogP contribution in [0.3, 0.4) is 0 Å². The van der Waals surface area contributed by atoms with E-state index < -0.39 is 0 Å². The molecule has 0 unspecified atom stereocenters. The van der Waals surface area contributed by atoms with Crippen molar-refractivity contribution >= 4 is 29.2 Å². The van der Waals surface area contributed by atoms with E-state index in [2.05, 4.69) is 46.3 Å². The molecule has 0 saturated carbocycles. The number of hydrogen-bond donors (Lipinski definition) is 0. The topological polar surface area (TPSA) is 28.5 Å². The lowest BCUT2D eigenvalue weighted by Crippen LogP contribution is -2.31. The SMILES string of the molecule is Clc1ccc2c(c1)CCN(c1cccc(C3=CCN=CC3)n1)C2. The fraction of sp³-hybridized carbons (Fsp3) is 0.263. The molecule has 3 nitrogen and oxygen atoms in total. The molecule has 0 amide bonds. The Morgan fingerprint density at radius 1 is 1.09 bits per heavy atom. The highest BCUT2D eigenvalue weighted by molar-refractivity contribution is 6.30. The fourth-order valence-electron chi connectivity index (χ4n) is 3.19. The van der Waals surface area contributed by atoms with Crippen LogP contribution in [0.1, 0.15) is 23.2 Å². The van der Waals surface area contributed by atoms with Gasteiger partial charge in [0.15, 0.2) is 0 Å². The second-order valence-corrected chi connectivity index (χ2v) is 6.38. The predicted molar refractivity (Wildman–Crippen MR) is 96.4 cm³/mol. The molecule has 0 spiro atoms. The van der Waals surface area contributed by atoms with Gasteiger partial charge in [-0.1, -0.05) is 29.8 Å². The lowest BCUT2D eigenvalue weighted by atomic mass is 10.00. The van der Waals surface area contributed by atoms with E-state index in [1.807, 2.05) is 12.3 Å². The van der Waals surface area contributed by atoms with E-state index in [-0.39, 0.29) is 0 Å². The van der Waals surface area contributed by atoms with Crippen LogP contribution >= 0.6 is 11.6 Å². The molecule has 0 saturated heterocycles. The second-order valence-electron chi connectivity index (χ2n) is 5.95. The maximum Gasteiger partial charge on any atom is 0.129 e. The van der Waals surface area contributed by atoms with Gasteiger partial charge in [-0.2, -0.15) is 0 Å². The van der Waals surface area contributed by atoms with Crippen molar-refractivity contribution in [3.05, 3.63) is 64.3 Å². The average molecular weight is 324 g/mol. The van der Waals surface area contributed by atoms with Crippen molar-refractivity contribution in [2.45, 2.75) is 19.4 Å². The van der Waals surface area contributed by atoms with Gasteiger partial charge in [0.1, 0.15) is 5.82 Å². The Hall–Kier alpha value is -2.13. The highest BCUT2D eigenvalue weighted by Gasteiger charge is 2.18. The lowest BCUT2D eigenvalue weighted by Gasteiger charge is -2.30. The molecule has 2 aromatic rings. The first-order chi connectivity index (χ1) is 11.3. The van der Waals surface area contributed by atoms with Gasteiger partial charge in [-0.25, -0.2) is 4.98 Å². The largest absolute Gasteiger partial charge is 0.352 e. The first kappa shape index (κ1) is 14.5. The Morgan fingerprint density at radius 3 is 2.91 bits per heavy atom. The highest BCUT2D eigenvalue weighted by Crippen LogP contribution is 2.27. The lowest BCUT2D eigenvalue weighted by molar-refractivity contribution is 0.720. The normalized spacial score (nSPS) is 16.9. The van der Waals surface area contributed by atoms with E-state index in [9.17, 15) is 0 Å². The van der Waals surface area contributed by atoms with E-state index >= 15 is 0 Å². The molecule has 1 aromatic carbocycles. The average Bonchev–Trinajstić information content (AvgIpc) is 2.62. The van der Waals surface area contributed by atoms with Crippen molar-refractivity contribution in [1.82, 2.24) is 4.98 Å². The van der Waals surface area contributed by atoms with Gasteiger partial charge >= 0.3 is 0 Å². The Kier molecular flexibility index (Phi) is 3.88. The molecule has 2 aliphatic rings. The minimum Gasteiger partial charge on any atom is -0.352 e. The predicted octanol–water partition coefficient (Wildman–Crippen LogP) is 4.16. The molecular weight excluding hydrogens is 306 g/mol. The van der Waals surface area contributed by atoms with Gasteiger partial charge in [0.2, 0.25) is 0 Å². The third kappa shape index (κ3) is 3.02. The van der Waals surface area contributed by atoms with Crippen LogP contribution in [-0.4, -0.2) is 24.3 Å². The highest BCUT2D eigenvalue weighted by atomic mass is 35.5. The molecule has 2 aliphatic heterocycles. The monoisotopic (exact) mass is 323 g/mol. The smallest absolute Gasteiger partial charge is 0.129 e. The van der Waals surface area contributed by atoms with Crippen LogP contribution < -0.4 is 4.90 Å². The number of dihydropyridines is 1. The van der Waals surface area contributed by atoms with Crippen LogP contribution in [0.5, 0.6) is 0 Å². The van der Waals surface area contributed by atoms with Gasteiger partial charge < -0.3 is 4.90 Å². The molecule has 0 fully saturated rings. The van der Waals surface area contributed by atoms with Gasteiger partial charge in [0.05, 0.1) is 12.2 Å². The number of benzene rings is 1. The zero-order valence-corrected chi connectivity index (χ0v) is 13.6. The van der Waals surface area contributed by atoms with Crippen LogP contribution in [0.4, 0.5) is 5.82 Å². The van der Waals surface area contributed by atoms with Crippen LogP contribution in [0.25, 0.3) is 5.57 Å². The number of halogens is 1. The summed E-state index contributed by atoms with van der Waals surface area (Å²) in [5.74, 6) is 1.05. The standard InChI is InChI=1S/C19H18ClN3/c20-17-5-4-16-13-23(11-8-15(16)12-17)19-3-1-2-18(22-19)14-6-9-21-10-7-14/h1-6,10,12H,7-9,11,13H2. The summed E-state index contributed by atoms with van der Waals surface area (Å²) in [7, 11) is 0. The number of pyridine rings is 1.